The van der Waals surface area contributed by atoms with Crippen LogP contribution in [-0.2, 0) is 17.9 Å². The van der Waals surface area contributed by atoms with E-state index in [2.05, 4.69) is 10.3 Å². The molecule has 0 spiro atoms. The number of imidazole rings is 1. The van der Waals surface area contributed by atoms with Gasteiger partial charge in [-0.3, -0.25) is 4.79 Å². The standard InChI is InChI=1S/C13H11N5OS/c1-9-2-3-20-12(9)6-16-13(19)7-18-8-17-10(4-14)11(18)5-15/h2-3,8H,6-7H2,1H3,(H,16,19). The van der Waals surface area contributed by atoms with Crippen molar-refractivity contribution in [1.29, 1.82) is 10.5 Å². The Morgan fingerprint density at radius 1 is 1.50 bits per heavy atom. The molecule has 0 atom stereocenters. The van der Waals surface area contributed by atoms with Crippen LogP contribution in [-0.4, -0.2) is 15.5 Å². The van der Waals surface area contributed by atoms with E-state index in [1.807, 2.05) is 30.5 Å². The van der Waals surface area contributed by atoms with Gasteiger partial charge in [-0.25, -0.2) is 4.98 Å². The molecule has 0 saturated carbocycles. The molecule has 0 unspecified atom stereocenters. The van der Waals surface area contributed by atoms with E-state index in [0.29, 0.717) is 6.54 Å². The van der Waals surface area contributed by atoms with Crippen LogP contribution in [0.4, 0.5) is 0 Å². The molecule has 6 nitrogen and oxygen atoms in total. The molecule has 0 saturated heterocycles. The van der Waals surface area contributed by atoms with Gasteiger partial charge in [0.25, 0.3) is 0 Å². The van der Waals surface area contributed by atoms with Crippen molar-refractivity contribution < 1.29 is 4.79 Å². The maximum atomic E-state index is 11.8. The monoisotopic (exact) mass is 285 g/mol. The lowest BCUT2D eigenvalue weighted by Crippen LogP contribution is -2.27. The van der Waals surface area contributed by atoms with Gasteiger partial charge in [0.15, 0.2) is 11.4 Å². The van der Waals surface area contributed by atoms with Gasteiger partial charge in [0.1, 0.15) is 18.7 Å². The normalized spacial score (nSPS) is 9.75. The van der Waals surface area contributed by atoms with Gasteiger partial charge < -0.3 is 9.88 Å². The van der Waals surface area contributed by atoms with Crippen LogP contribution >= 0.6 is 11.3 Å². The van der Waals surface area contributed by atoms with Crippen molar-refractivity contribution in [3.05, 3.63) is 39.6 Å². The number of carbonyl (C=O) groups excluding carboxylic acids is 1. The third kappa shape index (κ3) is 2.85. The predicted molar refractivity (Wildman–Crippen MR) is 72.6 cm³/mol. The van der Waals surface area contributed by atoms with Crippen molar-refractivity contribution >= 4 is 17.2 Å². The minimum atomic E-state index is -0.226. The van der Waals surface area contributed by atoms with Gasteiger partial charge >= 0.3 is 0 Å². The first-order valence-electron chi connectivity index (χ1n) is 5.80. The average molecular weight is 285 g/mol. The van der Waals surface area contributed by atoms with Crippen molar-refractivity contribution in [3.8, 4) is 12.1 Å². The molecule has 0 radical (unpaired) electrons. The van der Waals surface area contributed by atoms with Crippen molar-refractivity contribution in [1.82, 2.24) is 14.9 Å². The fourth-order valence-electron chi connectivity index (χ4n) is 1.68. The topological polar surface area (TPSA) is 94.5 Å². The van der Waals surface area contributed by atoms with E-state index in [0.717, 1.165) is 10.4 Å². The molecule has 2 aromatic rings. The Kier molecular flexibility index (Phi) is 4.14. The first kappa shape index (κ1) is 13.8. The molecular weight excluding hydrogens is 274 g/mol. The number of hydrogen-bond donors (Lipinski definition) is 1. The summed E-state index contributed by atoms with van der Waals surface area (Å²) in [5.74, 6) is -0.226. The van der Waals surface area contributed by atoms with E-state index in [4.69, 9.17) is 10.5 Å². The number of nitrogens with zero attached hydrogens (tertiary/aromatic N) is 4. The van der Waals surface area contributed by atoms with E-state index in [-0.39, 0.29) is 23.8 Å². The van der Waals surface area contributed by atoms with E-state index in [1.54, 1.807) is 11.3 Å². The SMILES string of the molecule is Cc1ccsc1CNC(=O)Cn1cnc(C#N)c1C#N. The Labute approximate surface area is 119 Å². The Balaban J connectivity index is 1.99. The molecule has 0 aliphatic rings. The minimum absolute atomic E-state index is 0.0258. The highest BCUT2D eigenvalue weighted by molar-refractivity contribution is 7.10. The Morgan fingerprint density at radius 3 is 2.90 bits per heavy atom. The van der Waals surface area contributed by atoms with Gasteiger partial charge in [0.05, 0.1) is 12.9 Å². The molecule has 0 aliphatic heterocycles. The zero-order valence-electron chi connectivity index (χ0n) is 10.8. The molecule has 7 heteroatoms. The van der Waals surface area contributed by atoms with E-state index in [9.17, 15) is 4.79 Å². The molecule has 20 heavy (non-hydrogen) atoms. The van der Waals surface area contributed by atoms with Crippen molar-refractivity contribution in [2.75, 3.05) is 0 Å². The number of carbonyl (C=O) groups is 1. The second-order valence-corrected chi connectivity index (χ2v) is 5.10. The third-order valence-corrected chi connectivity index (χ3v) is 3.80. The smallest absolute Gasteiger partial charge is 0.240 e. The minimum Gasteiger partial charge on any atom is -0.350 e. The van der Waals surface area contributed by atoms with Crippen LogP contribution in [0.5, 0.6) is 0 Å². The summed E-state index contributed by atoms with van der Waals surface area (Å²) in [7, 11) is 0. The van der Waals surface area contributed by atoms with Crippen LogP contribution in [0.1, 0.15) is 21.8 Å². The highest BCUT2D eigenvalue weighted by Crippen LogP contribution is 2.14. The van der Waals surface area contributed by atoms with Crippen molar-refractivity contribution in [2.24, 2.45) is 0 Å². The number of amides is 1. The fraction of sp³-hybridized carbons (Fsp3) is 0.231. The lowest BCUT2D eigenvalue weighted by Gasteiger charge is -2.06. The largest absolute Gasteiger partial charge is 0.350 e. The molecule has 0 bridgehead atoms. The van der Waals surface area contributed by atoms with Crippen LogP contribution in [0, 0.1) is 29.6 Å². The maximum Gasteiger partial charge on any atom is 0.240 e. The van der Waals surface area contributed by atoms with Crippen molar-refractivity contribution in [3.63, 3.8) is 0 Å². The summed E-state index contributed by atoms with van der Waals surface area (Å²) in [4.78, 5) is 16.7. The number of aromatic nitrogens is 2. The second kappa shape index (κ2) is 6.00. The lowest BCUT2D eigenvalue weighted by molar-refractivity contribution is -0.121. The van der Waals surface area contributed by atoms with E-state index >= 15 is 0 Å². The predicted octanol–water partition coefficient (Wildman–Crippen LogP) is 1.31. The highest BCUT2D eigenvalue weighted by Gasteiger charge is 2.12. The number of hydrogen-bond acceptors (Lipinski definition) is 5. The maximum absolute atomic E-state index is 11.8. The average Bonchev–Trinajstić information content (AvgIpc) is 3.02. The molecule has 1 N–H and O–H groups in total. The van der Waals surface area contributed by atoms with Crippen LogP contribution < -0.4 is 5.32 Å². The van der Waals surface area contributed by atoms with E-state index in [1.165, 1.54) is 10.9 Å². The van der Waals surface area contributed by atoms with E-state index < -0.39 is 0 Å². The number of nitrogens with one attached hydrogen (secondary N) is 1. The number of nitriles is 2. The summed E-state index contributed by atoms with van der Waals surface area (Å²) in [5.41, 5.74) is 1.28. The second-order valence-electron chi connectivity index (χ2n) is 4.10. The number of thiophene rings is 1. The molecule has 0 aliphatic carbocycles. The molecule has 0 fully saturated rings. The molecule has 100 valence electrons. The van der Waals surface area contributed by atoms with Crippen LogP contribution in [0.25, 0.3) is 0 Å². The third-order valence-electron chi connectivity index (χ3n) is 2.78. The Morgan fingerprint density at radius 2 is 2.30 bits per heavy atom. The molecular formula is C13H11N5OS. The molecule has 0 aromatic carbocycles. The summed E-state index contributed by atoms with van der Waals surface area (Å²) < 4.78 is 1.37. The van der Waals surface area contributed by atoms with Gasteiger partial charge in [-0.2, -0.15) is 10.5 Å². The quantitative estimate of drug-likeness (QED) is 0.916. The Hall–Kier alpha value is -2.64. The first-order valence-corrected chi connectivity index (χ1v) is 6.68. The first-order chi connectivity index (χ1) is 9.65. The molecule has 1 amide bonds. The fourth-order valence-corrected chi connectivity index (χ4v) is 2.52. The number of aryl methyl sites for hydroxylation is 1. The zero-order valence-corrected chi connectivity index (χ0v) is 11.6. The molecule has 2 heterocycles. The van der Waals surface area contributed by atoms with Crippen LogP contribution in [0.2, 0.25) is 0 Å². The summed E-state index contributed by atoms with van der Waals surface area (Å²) in [5, 5.41) is 22.5. The summed E-state index contributed by atoms with van der Waals surface area (Å²) in [6.07, 6.45) is 1.33. The zero-order chi connectivity index (χ0) is 14.5. The van der Waals surface area contributed by atoms with Gasteiger partial charge in [-0.15, -0.1) is 11.3 Å². The molecule has 2 rings (SSSR count). The van der Waals surface area contributed by atoms with Gasteiger partial charge in [0.2, 0.25) is 5.91 Å². The van der Waals surface area contributed by atoms with Gasteiger partial charge in [0, 0.05) is 4.88 Å². The Bertz CT molecular complexity index is 716. The summed E-state index contributed by atoms with van der Waals surface area (Å²) in [6, 6.07) is 5.69. The van der Waals surface area contributed by atoms with Gasteiger partial charge in [-0.05, 0) is 23.9 Å². The highest BCUT2D eigenvalue weighted by atomic mass is 32.1. The van der Waals surface area contributed by atoms with Gasteiger partial charge in [-0.1, -0.05) is 0 Å². The lowest BCUT2D eigenvalue weighted by atomic mass is 10.3. The molecule has 2 aromatic heterocycles. The van der Waals surface area contributed by atoms with Crippen LogP contribution in [0.3, 0.4) is 0 Å². The summed E-state index contributed by atoms with van der Waals surface area (Å²) >= 11 is 1.58. The van der Waals surface area contributed by atoms with Crippen LogP contribution in [0.15, 0.2) is 17.8 Å². The summed E-state index contributed by atoms with van der Waals surface area (Å²) in [6.45, 7) is 2.42. The number of rotatable bonds is 4. The van der Waals surface area contributed by atoms with Crippen molar-refractivity contribution in [2.45, 2.75) is 20.0 Å².